The molecule has 1 aromatic carbocycles. The lowest BCUT2D eigenvalue weighted by molar-refractivity contribution is 0.428. The molecule has 1 nitrogen and oxygen atoms in total. The SMILES string of the molecule is CNC(c1c(C)cc(C)cc1F)C(C)CSC. The smallest absolute Gasteiger partial charge is 0.128 e. The third kappa shape index (κ3) is 3.46. The maximum Gasteiger partial charge on any atom is 0.128 e. The molecule has 0 amide bonds. The summed E-state index contributed by atoms with van der Waals surface area (Å²) < 4.78 is 14.1. The zero-order chi connectivity index (χ0) is 13.0. The van der Waals surface area contributed by atoms with Gasteiger partial charge in [0.25, 0.3) is 0 Å². The standard InChI is InChI=1S/C14H22FNS/c1-9-6-10(2)13(12(15)7-9)14(16-4)11(3)8-17-5/h6-7,11,14,16H,8H2,1-5H3. The van der Waals surface area contributed by atoms with Gasteiger partial charge in [0.2, 0.25) is 0 Å². The molecule has 0 aliphatic carbocycles. The number of thioether (sulfide) groups is 1. The molecule has 0 fully saturated rings. The highest BCUT2D eigenvalue weighted by Gasteiger charge is 2.22. The van der Waals surface area contributed by atoms with Crippen molar-refractivity contribution >= 4 is 11.8 Å². The predicted molar refractivity (Wildman–Crippen MR) is 75.2 cm³/mol. The Kier molecular flexibility index (Phi) is 5.47. The first-order valence-corrected chi connectivity index (χ1v) is 7.33. The molecule has 0 aromatic heterocycles. The molecule has 0 saturated heterocycles. The topological polar surface area (TPSA) is 12.0 Å². The molecule has 1 rings (SSSR count). The van der Waals surface area contributed by atoms with E-state index < -0.39 is 0 Å². The summed E-state index contributed by atoms with van der Waals surface area (Å²) in [6, 6.07) is 3.76. The van der Waals surface area contributed by atoms with Crippen LogP contribution in [0.25, 0.3) is 0 Å². The van der Waals surface area contributed by atoms with Crippen LogP contribution < -0.4 is 5.32 Å². The molecule has 3 heteroatoms. The van der Waals surface area contributed by atoms with E-state index in [2.05, 4.69) is 24.6 Å². The van der Waals surface area contributed by atoms with Crippen molar-refractivity contribution in [1.82, 2.24) is 5.32 Å². The maximum atomic E-state index is 14.1. The number of aryl methyl sites for hydroxylation is 2. The molecular weight excluding hydrogens is 233 g/mol. The van der Waals surface area contributed by atoms with Crippen molar-refractivity contribution in [3.8, 4) is 0 Å². The zero-order valence-electron chi connectivity index (χ0n) is 11.3. The lowest BCUT2D eigenvalue weighted by Gasteiger charge is -2.25. The van der Waals surface area contributed by atoms with Crippen LogP contribution in [-0.2, 0) is 0 Å². The minimum atomic E-state index is -0.0881. The summed E-state index contributed by atoms with van der Waals surface area (Å²) >= 11 is 1.80. The minimum absolute atomic E-state index is 0.0862. The Morgan fingerprint density at radius 2 is 2.00 bits per heavy atom. The molecule has 0 saturated carbocycles. The number of hydrogen-bond donors (Lipinski definition) is 1. The van der Waals surface area contributed by atoms with Crippen molar-refractivity contribution in [2.75, 3.05) is 19.1 Å². The molecule has 0 heterocycles. The van der Waals surface area contributed by atoms with Gasteiger partial charge in [0, 0.05) is 11.6 Å². The fraction of sp³-hybridized carbons (Fsp3) is 0.571. The second-order valence-electron chi connectivity index (χ2n) is 4.68. The van der Waals surface area contributed by atoms with E-state index in [1.165, 1.54) is 0 Å². The van der Waals surface area contributed by atoms with Crippen LogP contribution in [0.3, 0.4) is 0 Å². The molecule has 2 unspecified atom stereocenters. The number of benzene rings is 1. The summed E-state index contributed by atoms with van der Waals surface area (Å²) in [5.41, 5.74) is 2.84. The van der Waals surface area contributed by atoms with Crippen molar-refractivity contribution in [1.29, 1.82) is 0 Å². The predicted octanol–water partition coefficient (Wildman–Crippen LogP) is 3.70. The molecular formula is C14H22FNS. The highest BCUT2D eigenvalue weighted by atomic mass is 32.2. The summed E-state index contributed by atoms with van der Waals surface area (Å²) in [4.78, 5) is 0. The Hall–Kier alpha value is -0.540. The van der Waals surface area contributed by atoms with Crippen molar-refractivity contribution < 1.29 is 4.39 Å². The van der Waals surface area contributed by atoms with Crippen LogP contribution in [0.2, 0.25) is 0 Å². The number of halogens is 1. The van der Waals surface area contributed by atoms with Gasteiger partial charge in [-0.2, -0.15) is 11.8 Å². The Balaban J connectivity index is 3.11. The fourth-order valence-electron chi connectivity index (χ4n) is 2.39. The molecule has 1 aromatic rings. The van der Waals surface area contributed by atoms with Gasteiger partial charge in [-0.05, 0) is 56.0 Å². The van der Waals surface area contributed by atoms with Crippen molar-refractivity contribution in [3.63, 3.8) is 0 Å². The van der Waals surface area contributed by atoms with Gasteiger partial charge in [0.05, 0.1) is 0 Å². The summed E-state index contributed by atoms with van der Waals surface area (Å²) in [5.74, 6) is 1.35. The van der Waals surface area contributed by atoms with E-state index in [0.29, 0.717) is 5.92 Å². The molecule has 0 bridgehead atoms. The van der Waals surface area contributed by atoms with Crippen molar-refractivity contribution in [2.45, 2.75) is 26.8 Å². The summed E-state index contributed by atoms with van der Waals surface area (Å²) in [6.07, 6.45) is 2.08. The molecule has 96 valence electrons. The van der Waals surface area contributed by atoms with E-state index in [4.69, 9.17) is 0 Å². The Labute approximate surface area is 108 Å². The van der Waals surface area contributed by atoms with Gasteiger partial charge < -0.3 is 5.32 Å². The van der Waals surface area contributed by atoms with Gasteiger partial charge in [0.1, 0.15) is 5.82 Å². The van der Waals surface area contributed by atoms with Crippen LogP contribution in [0.15, 0.2) is 12.1 Å². The Morgan fingerprint density at radius 3 is 2.47 bits per heavy atom. The van der Waals surface area contributed by atoms with Gasteiger partial charge in [0.15, 0.2) is 0 Å². The molecule has 17 heavy (non-hydrogen) atoms. The van der Waals surface area contributed by atoms with Crippen molar-refractivity contribution in [3.05, 3.63) is 34.6 Å². The zero-order valence-corrected chi connectivity index (χ0v) is 12.1. The lowest BCUT2D eigenvalue weighted by atomic mass is 9.91. The molecule has 0 aliphatic heterocycles. The second kappa shape index (κ2) is 6.41. The van der Waals surface area contributed by atoms with Crippen LogP contribution in [0.4, 0.5) is 4.39 Å². The quantitative estimate of drug-likeness (QED) is 0.861. The minimum Gasteiger partial charge on any atom is -0.313 e. The van der Waals surface area contributed by atoms with Gasteiger partial charge in [-0.25, -0.2) is 4.39 Å². The third-order valence-electron chi connectivity index (χ3n) is 3.10. The monoisotopic (exact) mass is 255 g/mol. The molecule has 1 N–H and O–H groups in total. The van der Waals surface area contributed by atoms with Gasteiger partial charge in [-0.1, -0.05) is 13.0 Å². The van der Waals surface area contributed by atoms with Gasteiger partial charge in [-0.3, -0.25) is 0 Å². The van der Waals surface area contributed by atoms with Crippen LogP contribution in [0, 0.1) is 25.6 Å². The maximum absolute atomic E-state index is 14.1. The fourth-order valence-corrected chi connectivity index (χ4v) is 3.11. The van der Waals surface area contributed by atoms with E-state index in [9.17, 15) is 4.39 Å². The van der Waals surface area contributed by atoms with Crippen LogP contribution in [0.1, 0.15) is 29.7 Å². The number of hydrogen-bond acceptors (Lipinski definition) is 2. The molecule has 2 atom stereocenters. The summed E-state index contributed by atoms with van der Waals surface area (Å²) in [7, 11) is 1.90. The Bertz CT molecular complexity index is 355. The summed E-state index contributed by atoms with van der Waals surface area (Å²) in [5, 5.41) is 3.25. The summed E-state index contributed by atoms with van der Waals surface area (Å²) in [6.45, 7) is 6.08. The van der Waals surface area contributed by atoms with E-state index in [1.54, 1.807) is 17.8 Å². The van der Waals surface area contributed by atoms with E-state index in [-0.39, 0.29) is 11.9 Å². The van der Waals surface area contributed by atoms with Crippen LogP contribution in [0.5, 0.6) is 0 Å². The first-order chi connectivity index (χ1) is 8.01. The van der Waals surface area contributed by atoms with Crippen LogP contribution >= 0.6 is 11.8 Å². The molecule has 0 aliphatic rings. The largest absolute Gasteiger partial charge is 0.313 e. The van der Waals surface area contributed by atoms with Crippen LogP contribution in [-0.4, -0.2) is 19.1 Å². The highest BCUT2D eigenvalue weighted by molar-refractivity contribution is 7.98. The molecule has 0 radical (unpaired) electrons. The average Bonchev–Trinajstić information content (AvgIpc) is 2.23. The average molecular weight is 255 g/mol. The van der Waals surface area contributed by atoms with E-state index in [0.717, 1.165) is 22.4 Å². The highest BCUT2D eigenvalue weighted by Crippen LogP contribution is 2.29. The van der Waals surface area contributed by atoms with Crippen molar-refractivity contribution in [2.24, 2.45) is 5.92 Å². The first-order valence-electron chi connectivity index (χ1n) is 5.94. The number of rotatable bonds is 5. The lowest BCUT2D eigenvalue weighted by Crippen LogP contribution is -2.26. The second-order valence-corrected chi connectivity index (χ2v) is 5.59. The van der Waals surface area contributed by atoms with E-state index >= 15 is 0 Å². The van der Waals surface area contributed by atoms with Gasteiger partial charge >= 0.3 is 0 Å². The third-order valence-corrected chi connectivity index (χ3v) is 3.96. The first kappa shape index (κ1) is 14.5. The Morgan fingerprint density at radius 1 is 1.35 bits per heavy atom. The van der Waals surface area contributed by atoms with E-state index in [1.807, 2.05) is 20.9 Å². The number of nitrogens with one attached hydrogen (secondary N) is 1. The molecule has 0 spiro atoms. The van der Waals surface area contributed by atoms with Gasteiger partial charge in [-0.15, -0.1) is 0 Å². The normalized spacial score (nSPS) is 14.7.